The third kappa shape index (κ3) is 2.80. The van der Waals surface area contributed by atoms with Crippen molar-refractivity contribution in [2.45, 2.75) is 13.0 Å². The number of nitrogens with one attached hydrogen (secondary N) is 1. The number of aromatic hydroxyl groups is 1. The molecule has 2 N–H and O–H groups in total. The molecule has 4 nitrogen and oxygen atoms in total. The van der Waals surface area contributed by atoms with E-state index in [9.17, 15) is 9.90 Å². The van der Waals surface area contributed by atoms with E-state index in [1.807, 2.05) is 12.3 Å². The van der Waals surface area contributed by atoms with Gasteiger partial charge in [0, 0.05) is 17.1 Å². The maximum absolute atomic E-state index is 11.9. The number of phenols is 1. The van der Waals surface area contributed by atoms with Gasteiger partial charge in [-0.25, -0.2) is 4.98 Å². The number of nitrogens with zero attached hydrogens (tertiary/aromatic N) is 1. The van der Waals surface area contributed by atoms with Gasteiger partial charge in [-0.3, -0.25) is 4.79 Å². The molecule has 0 aliphatic rings. The summed E-state index contributed by atoms with van der Waals surface area (Å²) in [6.45, 7) is 1.86. The molecule has 94 valence electrons. The Hall–Kier alpha value is -1.59. The first-order chi connectivity index (χ1) is 8.58. The first kappa shape index (κ1) is 12.9. The molecule has 0 saturated carbocycles. The summed E-state index contributed by atoms with van der Waals surface area (Å²) < 4.78 is 0. The first-order valence-corrected chi connectivity index (χ1v) is 6.52. The van der Waals surface area contributed by atoms with Gasteiger partial charge in [-0.1, -0.05) is 11.6 Å². The van der Waals surface area contributed by atoms with Crippen LogP contribution in [0.3, 0.4) is 0 Å². The average Bonchev–Trinajstić information content (AvgIpc) is 2.86. The summed E-state index contributed by atoms with van der Waals surface area (Å²) in [4.78, 5) is 16.1. The topological polar surface area (TPSA) is 62.2 Å². The molecule has 1 aromatic heterocycles. The van der Waals surface area contributed by atoms with E-state index in [1.54, 1.807) is 6.20 Å². The number of phenolic OH excluding ortho intramolecular Hbond substituents is 1. The summed E-state index contributed by atoms with van der Waals surface area (Å²) in [5.41, 5.74) is 0.404. The van der Waals surface area contributed by atoms with Crippen molar-refractivity contribution in [2.75, 3.05) is 0 Å². The zero-order valence-corrected chi connectivity index (χ0v) is 11.1. The Bertz CT molecular complexity index is 557. The molecule has 18 heavy (non-hydrogen) atoms. The van der Waals surface area contributed by atoms with Crippen molar-refractivity contribution in [3.8, 4) is 5.75 Å². The molecule has 2 aromatic rings. The third-order valence-electron chi connectivity index (χ3n) is 2.38. The fraction of sp³-hybridized carbons (Fsp3) is 0.167. The molecular formula is C12H11ClN2O2S. The molecule has 2 rings (SSSR count). The van der Waals surface area contributed by atoms with E-state index in [2.05, 4.69) is 10.3 Å². The molecule has 0 radical (unpaired) electrons. The fourth-order valence-electron chi connectivity index (χ4n) is 1.44. The van der Waals surface area contributed by atoms with Crippen molar-refractivity contribution in [2.24, 2.45) is 0 Å². The van der Waals surface area contributed by atoms with Gasteiger partial charge >= 0.3 is 0 Å². The second kappa shape index (κ2) is 5.37. The van der Waals surface area contributed by atoms with Crippen LogP contribution in [0.5, 0.6) is 5.75 Å². The zero-order valence-electron chi connectivity index (χ0n) is 9.55. The van der Waals surface area contributed by atoms with Crippen LogP contribution in [0.2, 0.25) is 5.02 Å². The molecule has 0 spiro atoms. The molecule has 6 heteroatoms. The number of halogens is 1. The van der Waals surface area contributed by atoms with Gasteiger partial charge < -0.3 is 10.4 Å². The largest absolute Gasteiger partial charge is 0.506 e. The number of carbonyl (C=O) groups is 1. The van der Waals surface area contributed by atoms with E-state index in [1.165, 1.54) is 29.5 Å². The van der Waals surface area contributed by atoms with Crippen LogP contribution in [0.15, 0.2) is 29.8 Å². The van der Waals surface area contributed by atoms with Crippen molar-refractivity contribution < 1.29 is 9.90 Å². The zero-order chi connectivity index (χ0) is 13.1. The first-order valence-electron chi connectivity index (χ1n) is 5.26. The number of thiazole rings is 1. The van der Waals surface area contributed by atoms with Gasteiger partial charge in [0.1, 0.15) is 10.8 Å². The van der Waals surface area contributed by atoms with Crippen LogP contribution in [0.25, 0.3) is 0 Å². The summed E-state index contributed by atoms with van der Waals surface area (Å²) in [6, 6.07) is 4.18. The fourth-order valence-corrected chi connectivity index (χ4v) is 2.26. The maximum atomic E-state index is 11.9. The van der Waals surface area contributed by atoms with Crippen LogP contribution in [-0.4, -0.2) is 16.0 Å². The van der Waals surface area contributed by atoms with E-state index in [-0.39, 0.29) is 22.7 Å². The number of hydrogen-bond donors (Lipinski definition) is 2. The molecule has 0 aliphatic heterocycles. The highest BCUT2D eigenvalue weighted by atomic mass is 35.5. The molecule has 1 heterocycles. The third-order valence-corrected chi connectivity index (χ3v) is 3.64. The maximum Gasteiger partial charge on any atom is 0.251 e. The highest BCUT2D eigenvalue weighted by Crippen LogP contribution is 2.24. The Morgan fingerprint density at radius 1 is 1.56 bits per heavy atom. The number of amides is 1. The lowest BCUT2D eigenvalue weighted by Crippen LogP contribution is -2.26. The Morgan fingerprint density at radius 3 is 2.94 bits per heavy atom. The van der Waals surface area contributed by atoms with Crippen molar-refractivity contribution in [3.05, 3.63) is 45.4 Å². The van der Waals surface area contributed by atoms with Gasteiger partial charge in [-0.15, -0.1) is 11.3 Å². The van der Waals surface area contributed by atoms with Crippen LogP contribution in [0.1, 0.15) is 28.3 Å². The molecule has 0 fully saturated rings. The van der Waals surface area contributed by atoms with Gasteiger partial charge in [0.2, 0.25) is 0 Å². The number of aromatic nitrogens is 1. The molecule has 1 aromatic carbocycles. The molecule has 0 aliphatic carbocycles. The summed E-state index contributed by atoms with van der Waals surface area (Å²) in [5.74, 6) is -0.291. The summed E-state index contributed by atoms with van der Waals surface area (Å²) >= 11 is 7.24. The summed E-state index contributed by atoms with van der Waals surface area (Å²) in [5, 5.41) is 15.0. The smallest absolute Gasteiger partial charge is 0.251 e. The number of carbonyl (C=O) groups excluding carboxylic acids is 1. The predicted octanol–water partition coefficient (Wildman–Crippen LogP) is 2.99. The van der Waals surface area contributed by atoms with Crippen molar-refractivity contribution in [3.63, 3.8) is 0 Å². The van der Waals surface area contributed by atoms with Gasteiger partial charge in [0.15, 0.2) is 0 Å². The second-order valence-corrected chi connectivity index (χ2v) is 5.07. The highest BCUT2D eigenvalue weighted by Gasteiger charge is 2.14. The Balaban J connectivity index is 2.10. The minimum atomic E-state index is -0.250. The van der Waals surface area contributed by atoms with Crippen LogP contribution in [0.4, 0.5) is 0 Å². The monoisotopic (exact) mass is 282 g/mol. The van der Waals surface area contributed by atoms with E-state index in [0.29, 0.717) is 5.56 Å². The summed E-state index contributed by atoms with van der Waals surface area (Å²) in [7, 11) is 0. The van der Waals surface area contributed by atoms with E-state index in [0.717, 1.165) is 5.01 Å². The lowest BCUT2D eigenvalue weighted by molar-refractivity contribution is 0.0940. The standard InChI is InChI=1S/C12H11ClN2O2S/c1-7(12-14-4-5-18-12)15-11(17)8-2-3-10(16)9(13)6-8/h2-7,16H,1H3,(H,15,17). The number of hydrogen-bond acceptors (Lipinski definition) is 4. The Labute approximate surface area is 113 Å². The number of rotatable bonds is 3. The SMILES string of the molecule is CC(NC(=O)c1ccc(O)c(Cl)c1)c1nccs1. The van der Waals surface area contributed by atoms with Gasteiger partial charge in [-0.2, -0.15) is 0 Å². The van der Waals surface area contributed by atoms with Crippen molar-refractivity contribution in [1.82, 2.24) is 10.3 Å². The average molecular weight is 283 g/mol. The van der Waals surface area contributed by atoms with Gasteiger partial charge in [0.25, 0.3) is 5.91 Å². The molecule has 1 unspecified atom stereocenters. The second-order valence-electron chi connectivity index (χ2n) is 3.73. The van der Waals surface area contributed by atoms with Crippen LogP contribution in [0, 0.1) is 0 Å². The minimum Gasteiger partial charge on any atom is -0.506 e. The van der Waals surface area contributed by atoms with E-state index in [4.69, 9.17) is 11.6 Å². The molecule has 0 bridgehead atoms. The summed E-state index contributed by atoms with van der Waals surface area (Å²) in [6.07, 6.45) is 1.69. The van der Waals surface area contributed by atoms with E-state index < -0.39 is 0 Å². The van der Waals surface area contributed by atoms with Crippen LogP contribution in [-0.2, 0) is 0 Å². The highest BCUT2D eigenvalue weighted by molar-refractivity contribution is 7.09. The number of benzene rings is 1. The van der Waals surface area contributed by atoms with Gasteiger partial charge in [0.05, 0.1) is 11.1 Å². The molecule has 0 saturated heterocycles. The lowest BCUT2D eigenvalue weighted by Gasteiger charge is -2.11. The lowest BCUT2D eigenvalue weighted by atomic mass is 10.2. The van der Waals surface area contributed by atoms with Crippen molar-refractivity contribution >= 4 is 28.8 Å². The molecular weight excluding hydrogens is 272 g/mol. The minimum absolute atomic E-state index is 0.0406. The van der Waals surface area contributed by atoms with Crippen LogP contribution < -0.4 is 5.32 Å². The quantitative estimate of drug-likeness (QED) is 0.910. The van der Waals surface area contributed by atoms with E-state index >= 15 is 0 Å². The Kier molecular flexibility index (Phi) is 3.84. The normalized spacial score (nSPS) is 12.1. The van der Waals surface area contributed by atoms with Crippen molar-refractivity contribution in [1.29, 1.82) is 0 Å². The molecule has 1 amide bonds. The van der Waals surface area contributed by atoms with Crippen LogP contribution >= 0.6 is 22.9 Å². The Morgan fingerprint density at radius 2 is 2.33 bits per heavy atom. The van der Waals surface area contributed by atoms with Gasteiger partial charge in [-0.05, 0) is 25.1 Å². The molecule has 1 atom stereocenters. The predicted molar refractivity (Wildman–Crippen MR) is 71.1 cm³/mol.